The normalized spacial score (nSPS) is 12.3. The molecule has 0 radical (unpaired) electrons. The van der Waals surface area contributed by atoms with E-state index in [2.05, 4.69) is 26.8 Å². The van der Waals surface area contributed by atoms with Crippen molar-refractivity contribution in [2.45, 2.75) is 111 Å². The number of imidazole rings is 1. The first kappa shape index (κ1) is 27.8. The van der Waals surface area contributed by atoms with Crippen molar-refractivity contribution in [3.05, 3.63) is 24.3 Å². The molecule has 1 N–H and O–H groups in total. The van der Waals surface area contributed by atoms with E-state index >= 15 is 0 Å². The lowest BCUT2D eigenvalue weighted by atomic mass is 10.0. The van der Waals surface area contributed by atoms with E-state index in [0.29, 0.717) is 32.4 Å². The molecule has 0 aliphatic carbocycles. The number of unbranched alkanes of at least 4 members (excludes halogenated alkanes) is 7. The number of aromatic nitrogens is 3. The zero-order valence-electron chi connectivity index (χ0n) is 21.6. The number of esters is 1. The second-order valence-electron chi connectivity index (χ2n) is 9.67. The molecule has 0 saturated heterocycles. The number of rotatable bonds is 17. The number of fused-ring (bicyclic) bond motifs is 1. The number of carbonyl (C=O) groups is 2. The van der Waals surface area contributed by atoms with E-state index in [1.165, 1.54) is 38.5 Å². The third kappa shape index (κ3) is 9.82. The van der Waals surface area contributed by atoms with Gasteiger partial charge in [-0.2, -0.15) is 0 Å². The maximum absolute atomic E-state index is 12.6. The van der Waals surface area contributed by atoms with Gasteiger partial charge in [0.25, 0.3) is 0 Å². The van der Waals surface area contributed by atoms with Crippen molar-refractivity contribution in [2.75, 3.05) is 6.61 Å². The van der Waals surface area contributed by atoms with Crippen LogP contribution in [0.3, 0.4) is 0 Å². The molecule has 2 aromatic heterocycles. The van der Waals surface area contributed by atoms with Crippen LogP contribution in [0.25, 0.3) is 11.0 Å². The molecule has 0 fully saturated rings. The molecular weight excluding hydrogens is 428 g/mol. The molecular formula is C27H44N4O3. The van der Waals surface area contributed by atoms with Crippen molar-refractivity contribution in [1.29, 1.82) is 0 Å². The van der Waals surface area contributed by atoms with Gasteiger partial charge >= 0.3 is 5.97 Å². The number of pyridine rings is 1. The van der Waals surface area contributed by atoms with Gasteiger partial charge in [-0.1, -0.05) is 65.7 Å². The molecule has 2 rings (SSSR count). The summed E-state index contributed by atoms with van der Waals surface area (Å²) in [5.41, 5.74) is 1.89. The fourth-order valence-electron chi connectivity index (χ4n) is 4.24. The average Bonchev–Trinajstić information content (AvgIpc) is 3.12. The number of hydrogen-bond acceptors (Lipinski definition) is 5. The van der Waals surface area contributed by atoms with Crippen molar-refractivity contribution in [3.8, 4) is 0 Å². The highest BCUT2D eigenvalue weighted by atomic mass is 16.5. The Kier molecular flexibility index (Phi) is 12.6. The summed E-state index contributed by atoms with van der Waals surface area (Å²) in [6.07, 6.45) is 14.7. The third-order valence-corrected chi connectivity index (χ3v) is 6.10. The molecule has 190 valence electrons. The summed E-state index contributed by atoms with van der Waals surface area (Å²) in [5, 5.41) is 2.91. The van der Waals surface area contributed by atoms with Crippen LogP contribution in [-0.2, 0) is 20.9 Å². The van der Waals surface area contributed by atoms with Gasteiger partial charge in [0.05, 0.1) is 18.3 Å². The summed E-state index contributed by atoms with van der Waals surface area (Å²) in [6, 6.07) is 1.36. The minimum atomic E-state index is -0.580. The molecule has 0 saturated carbocycles. The molecule has 0 aromatic carbocycles. The summed E-state index contributed by atoms with van der Waals surface area (Å²) >= 11 is 0. The van der Waals surface area contributed by atoms with Gasteiger partial charge in [0.15, 0.2) is 0 Å². The van der Waals surface area contributed by atoms with E-state index < -0.39 is 6.04 Å². The van der Waals surface area contributed by atoms with Gasteiger partial charge < -0.3 is 14.6 Å². The predicted octanol–water partition coefficient (Wildman–Crippen LogP) is 5.73. The monoisotopic (exact) mass is 472 g/mol. The largest absolute Gasteiger partial charge is 0.464 e. The first-order valence-corrected chi connectivity index (χ1v) is 13.1. The van der Waals surface area contributed by atoms with Crippen LogP contribution in [0.4, 0.5) is 0 Å². The second-order valence-corrected chi connectivity index (χ2v) is 9.67. The van der Waals surface area contributed by atoms with Crippen molar-refractivity contribution in [2.24, 2.45) is 5.92 Å². The first-order chi connectivity index (χ1) is 16.4. The zero-order valence-corrected chi connectivity index (χ0v) is 21.6. The molecule has 34 heavy (non-hydrogen) atoms. The van der Waals surface area contributed by atoms with Crippen LogP contribution >= 0.6 is 0 Å². The van der Waals surface area contributed by atoms with Crippen molar-refractivity contribution >= 4 is 22.9 Å². The van der Waals surface area contributed by atoms with E-state index in [0.717, 1.165) is 29.7 Å². The molecule has 7 heteroatoms. The van der Waals surface area contributed by atoms with E-state index in [1.807, 2.05) is 26.8 Å². The molecule has 0 spiro atoms. The van der Waals surface area contributed by atoms with Gasteiger partial charge in [0.2, 0.25) is 5.91 Å². The molecule has 0 bridgehead atoms. The molecule has 7 nitrogen and oxygen atoms in total. The van der Waals surface area contributed by atoms with Crippen LogP contribution in [0.2, 0.25) is 0 Å². The van der Waals surface area contributed by atoms with Crippen LogP contribution in [0, 0.1) is 12.8 Å². The lowest BCUT2D eigenvalue weighted by molar-refractivity contribution is -0.148. The van der Waals surface area contributed by atoms with Crippen molar-refractivity contribution < 1.29 is 14.3 Å². The summed E-state index contributed by atoms with van der Waals surface area (Å²) < 4.78 is 7.61. The second kappa shape index (κ2) is 15.5. The number of nitrogens with one attached hydrogen (secondary N) is 1. The first-order valence-electron chi connectivity index (χ1n) is 13.1. The third-order valence-electron chi connectivity index (χ3n) is 6.10. The van der Waals surface area contributed by atoms with Crippen LogP contribution in [0.5, 0.6) is 0 Å². The standard InChI is InChI=1S/C27H44N4O3/c1-5-6-7-8-9-10-11-12-18-34-27(33)23(19-21(2)3)30-26(32)14-13-17-31-22(4)29-24-20-28-16-15-25(24)31/h15-16,20-21,23H,5-14,17-19H2,1-4H3,(H,30,32)/t23-/m0/s1. The molecule has 0 aliphatic heterocycles. The van der Waals surface area contributed by atoms with Gasteiger partial charge in [-0.25, -0.2) is 9.78 Å². The molecule has 2 aromatic rings. The smallest absolute Gasteiger partial charge is 0.328 e. The van der Waals surface area contributed by atoms with E-state index in [9.17, 15) is 9.59 Å². The van der Waals surface area contributed by atoms with Crippen LogP contribution < -0.4 is 5.32 Å². The van der Waals surface area contributed by atoms with Crippen molar-refractivity contribution in [3.63, 3.8) is 0 Å². The predicted molar refractivity (Wildman–Crippen MR) is 136 cm³/mol. The Labute approximate surface area is 205 Å². The SMILES string of the molecule is CCCCCCCCCCOC(=O)[C@H](CC(C)C)NC(=O)CCCn1c(C)nc2cnccc21. The lowest BCUT2D eigenvalue weighted by Crippen LogP contribution is -2.42. The quantitative estimate of drug-likeness (QED) is 0.234. The van der Waals surface area contributed by atoms with Crippen LogP contribution in [-0.4, -0.2) is 39.1 Å². The maximum atomic E-state index is 12.6. The highest BCUT2D eigenvalue weighted by Gasteiger charge is 2.23. The zero-order chi connectivity index (χ0) is 24.8. The van der Waals surface area contributed by atoms with Crippen LogP contribution in [0.15, 0.2) is 18.5 Å². The molecule has 1 amide bonds. The molecule has 0 unspecified atom stereocenters. The van der Waals surface area contributed by atoms with Gasteiger partial charge in [-0.15, -0.1) is 0 Å². The summed E-state index contributed by atoms with van der Waals surface area (Å²) in [7, 11) is 0. The van der Waals surface area contributed by atoms with Crippen molar-refractivity contribution in [1.82, 2.24) is 19.9 Å². The highest BCUT2D eigenvalue weighted by molar-refractivity contribution is 5.84. The van der Waals surface area contributed by atoms with Crippen LogP contribution in [0.1, 0.15) is 97.2 Å². The Balaban J connectivity index is 1.71. The Morgan fingerprint density at radius 1 is 1.06 bits per heavy atom. The fraction of sp³-hybridized carbons (Fsp3) is 0.704. The van der Waals surface area contributed by atoms with Gasteiger partial charge in [-0.3, -0.25) is 9.78 Å². The number of nitrogens with zero attached hydrogens (tertiary/aromatic N) is 3. The van der Waals surface area contributed by atoms with Gasteiger partial charge in [0.1, 0.15) is 17.4 Å². The highest BCUT2D eigenvalue weighted by Crippen LogP contribution is 2.15. The lowest BCUT2D eigenvalue weighted by Gasteiger charge is -2.19. The number of amides is 1. The van der Waals surface area contributed by atoms with E-state index in [1.54, 1.807) is 12.4 Å². The molecule has 1 atom stereocenters. The summed E-state index contributed by atoms with van der Waals surface area (Å²) in [4.78, 5) is 33.8. The summed E-state index contributed by atoms with van der Waals surface area (Å²) in [6.45, 7) is 9.41. The number of ether oxygens (including phenoxy) is 1. The minimum Gasteiger partial charge on any atom is -0.464 e. The Morgan fingerprint density at radius 2 is 1.76 bits per heavy atom. The number of carbonyl (C=O) groups excluding carboxylic acids is 2. The number of hydrogen-bond donors (Lipinski definition) is 1. The molecule has 2 heterocycles. The minimum absolute atomic E-state index is 0.113. The van der Waals surface area contributed by atoms with Gasteiger partial charge in [0, 0.05) is 19.2 Å². The topological polar surface area (TPSA) is 86.1 Å². The number of aryl methyl sites for hydroxylation is 2. The Bertz CT molecular complexity index is 878. The van der Waals surface area contributed by atoms with Gasteiger partial charge in [-0.05, 0) is 38.2 Å². The fourth-order valence-corrected chi connectivity index (χ4v) is 4.24. The van der Waals surface area contributed by atoms with E-state index in [4.69, 9.17) is 4.74 Å². The molecule has 0 aliphatic rings. The van der Waals surface area contributed by atoms with E-state index in [-0.39, 0.29) is 17.8 Å². The Morgan fingerprint density at radius 3 is 2.47 bits per heavy atom. The summed E-state index contributed by atoms with van der Waals surface area (Å²) in [5.74, 6) is 0.771. The average molecular weight is 473 g/mol. The maximum Gasteiger partial charge on any atom is 0.328 e. The Hall–Kier alpha value is -2.44.